The highest BCUT2D eigenvalue weighted by Gasteiger charge is 2.06. The molecule has 2 nitrogen and oxygen atoms in total. The van der Waals surface area contributed by atoms with Crippen LogP contribution in [0, 0.1) is 6.42 Å². The van der Waals surface area contributed by atoms with E-state index in [1.54, 1.807) is 12.6 Å². The average molecular weight is 168 g/mol. The van der Waals surface area contributed by atoms with Crippen molar-refractivity contribution in [3.63, 3.8) is 0 Å². The number of aromatic nitrogens is 1. The number of carbonyl (C=O) groups excluding carboxylic acids is 1. The van der Waals surface area contributed by atoms with E-state index in [-0.39, 0.29) is 5.78 Å². The molecule has 0 saturated carbocycles. The van der Waals surface area contributed by atoms with Crippen molar-refractivity contribution < 1.29 is 4.79 Å². The van der Waals surface area contributed by atoms with E-state index in [4.69, 9.17) is 0 Å². The molecule has 0 unspecified atom stereocenters. The summed E-state index contributed by atoms with van der Waals surface area (Å²) in [5.41, 5.74) is 0. The van der Waals surface area contributed by atoms with Gasteiger partial charge in [0.2, 0.25) is 0 Å². The van der Waals surface area contributed by atoms with Crippen LogP contribution in [0.15, 0.2) is 11.6 Å². The topological polar surface area (TPSA) is 30.0 Å². The van der Waals surface area contributed by atoms with Crippen LogP contribution in [0.3, 0.4) is 0 Å². The predicted octanol–water partition coefficient (Wildman–Crippen LogP) is 2.33. The number of thiazole rings is 1. The molecule has 0 aromatic carbocycles. The molecular weight excluding hydrogens is 158 g/mol. The minimum atomic E-state index is 0.0573. The minimum Gasteiger partial charge on any atom is -0.291 e. The maximum Gasteiger partial charge on any atom is 0.195 e. The number of rotatable bonds is 4. The fourth-order valence-corrected chi connectivity index (χ4v) is 1.28. The molecule has 1 aromatic heterocycles. The number of Topliss-reactive ketones (excluding diaryl/α,β-unsaturated/α-hetero) is 1. The summed E-state index contributed by atoms with van der Waals surface area (Å²) in [6.07, 6.45) is 5.20. The Morgan fingerprint density at radius 2 is 2.64 bits per heavy atom. The van der Waals surface area contributed by atoms with E-state index in [0.29, 0.717) is 5.01 Å². The summed E-state index contributed by atoms with van der Waals surface area (Å²) in [7, 11) is 0. The van der Waals surface area contributed by atoms with Gasteiger partial charge < -0.3 is 0 Å². The van der Waals surface area contributed by atoms with Crippen molar-refractivity contribution in [3.05, 3.63) is 23.0 Å². The molecule has 1 heterocycles. The highest BCUT2D eigenvalue weighted by molar-refractivity contribution is 7.11. The van der Waals surface area contributed by atoms with E-state index in [1.807, 2.05) is 12.3 Å². The zero-order valence-electron chi connectivity index (χ0n) is 6.41. The van der Waals surface area contributed by atoms with Gasteiger partial charge >= 0.3 is 0 Å². The van der Waals surface area contributed by atoms with Crippen LogP contribution in [0.5, 0.6) is 0 Å². The lowest BCUT2D eigenvalue weighted by molar-refractivity contribution is 0.102. The van der Waals surface area contributed by atoms with Gasteiger partial charge in [-0.05, 0) is 6.42 Å². The Kier molecular flexibility index (Phi) is 3.23. The Hall–Kier alpha value is -0.700. The van der Waals surface area contributed by atoms with Gasteiger partial charge in [-0.25, -0.2) is 4.98 Å². The third-order valence-electron chi connectivity index (χ3n) is 1.26. The zero-order valence-corrected chi connectivity index (χ0v) is 7.23. The molecule has 0 spiro atoms. The number of nitrogens with zero attached hydrogens (tertiary/aromatic N) is 1. The summed E-state index contributed by atoms with van der Waals surface area (Å²) in [5.74, 6) is 0.0573. The largest absolute Gasteiger partial charge is 0.291 e. The van der Waals surface area contributed by atoms with E-state index >= 15 is 0 Å². The van der Waals surface area contributed by atoms with Crippen LogP contribution in [0.25, 0.3) is 0 Å². The van der Waals surface area contributed by atoms with E-state index in [0.717, 1.165) is 12.8 Å². The molecule has 59 valence electrons. The van der Waals surface area contributed by atoms with Gasteiger partial charge in [0.15, 0.2) is 10.8 Å². The first-order chi connectivity index (χ1) is 5.34. The first-order valence-electron chi connectivity index (χ1n) is 3.61. The molecule has 3 heteroatoms. The molecular formula is C8H10NOS. The average Bonchev–Trinajstić information content (AvgIpc) is 2.52. The van der Waals surface area contributed by atoms with E-state index < -0.39 is 0 Å². The standard InChI is InChI=1S/C8H10NOS/c1-2-3-4-7(10)8-9-5-6-11-8/h4-6H,2-3H2,1H3. The lowest BCUT2D eigenvalue weighted by atomic mass is 10.2. The van der Waals surface area contributed by atoms with Gasteiger partial charge in [-0.15, -0.1) is 11.3 Å². The summed E-state index contributed by atoms with van der Waals surface area (Å²) >= 11 is 1.39. The van der Waals surface area contributed by atoms with Crippen molar-refractivity contribution >= 4 is 17.1 Å². The molecule has 0 aliphatic carbocycles. The zero-order chi connectivity index (χ0) is 8.10. The normalized spacial score (nSPS) is 9.91. The van der Waals surface area contributed by atoms with Gasteiger partial charge in [-0.2, -0.15) is 0 Å². The van der Waals surface area contributed by atoms with Gasteiger partial charge in [-0.3, -0.25) is 4.79 Å². The molecule has 0 aliphatic rings. The van der Waals surface area contributed by atoms with E-state index in [9.17, 15) is 4.79 Å². The monoisotopic (exact) mass is 168 g/mol. The Morgan fingerprint density at radius 3 is 3.18 bits per heavy atom. The fraction of sp³-hybridized carbons (Fsp3) is 0.375. The lowest BCUT2D eigenvalue weighted by Gasteiger charge is -1.91. The molecule has 1 aromatic rings. The Labute approximate surface area is 70.3 Å². The predicted molar refractivity (Wildman–Crippen MR) is 45.7 cm³/mol. The first-order valence-corrected chi connectivity index (χ1v) is 4.49. The Bertz CT molecular complexity index is 218. The number of ketones is 1. The van der Waals surface area contributed by atoms with Crippen LogP contribution in [0.4, 0.5) is 0 Å². The second kappa shape index (κ2) is 4.23. The van der Waals surface area contributed by atoms with Crippen molar-refractivity contribution in [1.29, 1.82) is 0 Å². The van der Waals surface area contributed by atoms with Crippen LogP contribution in [-0.2, 0) is 0 Å². The summed E-state index contributed by atoms with van der Waals surface area (Å²) in [6.45, 7) is 2.05. The van der Waals surface area contributed by atoms with Crippen LogP contribution in [0.1, 0.15) is 29.6 Å². The molecule has 11 heavy (non-hydrogen) atoms. The Balaban J connectivity index is 2.43. The highest BCUT2D eigenvalue weighted by atomic mass is 32.1. The second-order valence-corrected chi connectivity index (χ2v) is 3.09. The summed E-state index contributed by atoms with van der Waals surface area (Å²) in [6, 6.07) is 0. The molecule has 1 rings (SSSR count). The quantitative estimate of drug-likeness (QED) is 0.646. The molecule has 0 amide bonds. The number of hydrogen-bond donors (Lipinski definition) is 0. The third kappa shape index (κ3) is 2.42. The molecule has 0 saturated heterocycles. The molecule has 1 radical (unpaired) electrons. The second-order valence-electron chi connectivity index (χ2n) is 2.19. The van der Waals surface area contributed by atoms with Crippen molar-refractivity contribution in [1.82, 2.24) is 4.98 Å². The maximum atomic E-state index is 11.2. The van der Waals surface area contributed by atoms with Crippen molar-refractivity contribution in [2.24, 2.45) is 0 Å². The van der Waals surface area contributed by atoms with Crippen LogP contribution >= 0.6 is 11.3 Å². The van der Waals surface area contributed by atoms with E-state index in [1.165, 1.54) is 11.3 Å². The number of unbranched alkanes of at least 4 members (excludes halogenated alkanes) is 1. The number of carbonyl (C=O) groups is 1. The van der Waals surface area contributed by atoms with Crippen molar-refractivity contribution in [2.45, 2.75) is 19.8 Å². The van der Waals surface area contributed by atoms with Gasteiger partial charge in [0.25, 0.3) is 0 Å². The maximum absolute atomic E-state index is 11.2. The summed E-state index contributed by atoms with van der Waals surface area (Å²) < 4.78 is 0. The van der Waals surface area contributed by atoms with Crippen LogP contribution in [0.2, 0.25) is 0 Å². The lowest BCUT2D eigenvalue weighted by Crippen LogP contribution is -1.97. The third-order valence-corrected chi connectivity index (χ3v) is 2.05. The first kappa shape index (κ1) is 8.40. The van der Waals surface area contributed by atoms with Gasteiger partial charge in [0.1, 0.15) is 0 Å². The molecule has 0 bridgehead atoms. The minimum absolute atomic E-state index is 0.0573. The molecule has 0 fully saturated rings. The fourth-order valence-electron chi connectivity index (χ4n) is 0.708. The van der Waals surface area contributed by atoms with E-state index in [2.05, 4.69) is 4.98 Å². The Morgan fingerprint density at radius 1 is 1.82 bits per heavy atom. The number of hydrogen-bond acceptors (Lipinski definition) is 3. The SMILES string of the molecule is CCC[CH]C(=O)c1nccs1. The molecule has 0 atom stereocenters. The smallest absolute Gasteiger partial charge is 0.195 e. The summed E-state index contributed by atoms with van der Waals surface area (Å²) in [4.78, 5) is 15.1. The van der Waals surface area contributed by atoms with Crippen LogP contribution < -0.4 is 0 Å². The molecule has 0 N–H and O–H groups in total. The summed E-state index contributed by atoms with van der Waals surface area (Å²) in [5, 5.41) is 2.41. The van der Waals surface area contributed by atoms with Gasteiger partial charge in [0.05, 0.1) is 0 Å². The van der Waals surface area contributed by atoms with Crippen LogP contribution in [-0.4, -0.2) is 10.8 Å². The van der Waals surface area contributed by atoms with Gasteiger partial charge in [-0.1, -0.05) is 13.3 Å². The molecule has 0 aliphatic heterocycles. The van der Waals surface area contributed by atoms with Crippen molar-refractivity contribution in [3.8, 4) is 0 Å². The van der Waals surface area contributed by atoms with Gasteiger partial charge in [0, 0.05) is 18.0 Å². The van der Waals surface area contributed by atoms with Crippen molar-refractivity contribution in [2.75, 3.05) is 0 Å². The highest BCUT2D eigenvalue weighted by Crippen LogP contribution is 2.08.